The summed E-state index contributed by atoms with van der Waals surface area (Å²) in [5.41, 5.74) is 1.36. The van der Waals surface area contributed by atoms with Crippen LogP contribution >= 0.6 is 0 Å². The molecule has 0 saturated carbocycles. The van der Waals surface area contributed by atoms with Crippen LogP contribution in [-0.2, 0) is 0 Å². The quantitative estimate of drug-likeness (QED) is 0.674. The summed E-state index contributed by atoms with van der Waals surface area (Å²) >= 11 is 0. The van der Waals surface area contributed by atoms with Gasteiger partial charge < -0.3 is 20.2 Å². The maximum Gasteiger partial charge on any atom is 0.319 e. The van der Waals surface area contributed by atoms with E-state index in [-0.39, 0.29) is 6.54 Å². The molecule has 7 nitrogen and oxygen atoms in total. The predicted molar refractivity (Wildman–Crippen MR) is 84.3 cm³/mol. The smallest absolute Gasteiger partial charge is 0.319 e. The highest BCUT2D eigenvalue weighted by Gasteiger charge is 2.13. The Morgan fingerprint density at radius 3 is 2.87 bits per heavy atom. The minimum atomic E-state index is -0.892. The molecular formula is C16H16N4O3. The molecule has 2 amide bonds. The van der Waals surface area contributed by atoms with Gasteiger partial charge >= 0.3 is 6.03 Å². The van der Waals surface area contributed by atoms with Crippen molar-refractivity contribution in [3.8, 4) is 5.69 Å². The van der Waals surface area contributed by atoms with E-state index in [1.54, 1.807) is 41.3 Å². The summed E-state index contributed by atoms with van der Waals surface area (Å²) in [6, 6.07) is 12.0. The Hall–Kier alpha value is -3.06. The molecule has 7 heteroatoms. The Morgan fingerprint density at radius 1 is 1.26 bits per heavy atom. The molecule has 2 heterocycles. The maximum atomic E-state index is 12.0. The summed E-state index contributed by atoms with van der Waals surface area (Å²) in [6.45, 7) is 0.0449. The van der Waals surface area contributed by atoms with E-state index >= 15 is 0 Å². The van der Waals surface area contributed by atoms with Crippen molar-refractivity contribution in [3.05, 3.63) is 66.9 Å². The molecule has 0 bridgehead atoms. The van der Waals surface area contributed by atoms with E-state index in [9.17, 15) is 9.90 Å². The van der Waals surface area contributed by atoms with Gasteiger partial charge in [0.25, 0.3) is 0 Å². The highest BCUT2D eigenvalue weighted by Crippen LogP contribution is 2.19. The van der Waals surface area contributed by atoms with Crippen molar-refractivity contribution in [2.24, 2.45) is 0 Å². The predicted octanol–water partition coefficient (Wildman–Crippen LogP) is 2.32. The molecule has 3 rings (SSSR count). The third kappa shape index (κ3) is 3.58. The van der Waals surface area contributed by atoms with Gasteiger partial charge in [-0.1, -0.05) is 12.1 Å². The number of nitrogens with one attached hydrogen (secondary N) is 2. The summed E-state index contributed by atoms with van der Waals surface area (Å²) in [5.74, 6) is 0.405. The summed E-state index contributed by atoms with van der Waals surface area (Å²) in [6.07, 6.45) is 4.03. The number of carbonyl (C=O) groups is 1. The minimum absolute atomic E-state index is 0.0449. The second kappa shape index (κ2) is 6.80. The number of para-hydroxylation sites is 2. The van der Waals surface area contributed by atoms with Crippen molar-refractivity contribution < 1.29 is 14.3 Å². The topological polar surface area (TPSA) is 92.3 Å². The van der Waals surface area contributed by atoms with Crippen molar-refractivity contribution in [2.45, 2.75) is 6.10 Å². The average Bonchev–Trinajstić information content (AvgIpc) is 3.26. The molecule has 3 N–H and O–H groups in total. The van der Waals surface area contributed by atoms with E-state index in [1.165, 1.54) is 6.26 Å². The number of urea groups is 1. The number of furan rings is 1. The normalized spacial score (nSPS) is 11.9. The van der Waals surface area contributed by atoms with E-state index in [2.05, 4.69) is 15.7 Å². The molecule has 3 aromatic rings. The lowest BCUT2D eigenvalue weighted by Gasteiger charge is -2.13. The molecule has 0 radical (unpaired) electrons. The van der Waals surface area contributed by atoms with E-state index in [0.29, 0.717) is 11.4 Å². The van der Waals surface area contributed by atoms with Gasteiger partial charge in [-0.25, -0.2) is 9.48 Å². The van der Waals surface area contributed by atoms with Crippen LogP contribution in [0.3, 0.4) is 0 Å². The summed E-state index contributed by atoms with van der Waals surface area (Å²) in [5, 5.41) is 19.4. The fourth-order valence-corrected chi connectivity index (χ4v) is 2.13. The van der Waals surface area contributed by atoms with E-state index in [1.807, 2.05) is 18.2 Å². The van der Waals surface area contributed by atoms with Crippen molar-refractivity contribution >= 4 is 11.7 Å². The standard InChI is InChI=1S/C16H16N4O3/c21-14(15-7-3-10-23-15)11-17-16(22)19-12-5-1-2-6-13(12)20-9-4-8-18-20/h1-10,14,21H,11H2,(H2,17,19,22). The molecule has 0 aliphatic rings. The van der Waals surface area contributed by atoms with E-state index in [0.717, 1.165) is 5.69 Å². The number of hydrogen-bond donors (Lipinski definition) is 3. The Labute approximate surface area is 132 Å². The lowest BCUT2D eigenvalue weighted by Crippen LogP contribution is -2.32. The van der Waals surface area contributed by atoms with Gasteiger partial charge in [0.2, 0.25) is 0 Å². The molecule has 0 aliphatic carbocycles. The number of aliphatic hydroxyl groups is 1. The molecule has 2 aromatic heterocycles. The van der Waals surface area contributed by atoms with Crippen molar-refractivity contribution in [2.75, 3.05) is 11.9 Å². The highest BCUT2D eigenvalue weighted by atomic mass is 16.4. The number of rotatable bonds is 5. The molecule has 118 valence electrons. The van der Waals surface area contributed by atoms with Gasteiger partial charge in [0.1, 0.15) is 11.9 Å². The monoisotopic (exact) mass is 312 g/mol. The Kier molecular flexibility index (Phi) is 4.39. The van der Waals surface area contributed by atoms with E-state index < -0.39 is 12.1 Å². The minimum Gasteiger partial charge on any atom is -0.467 e. The van der Waals surface area contributed by atoms with Crippen LogP contribution in [0.4, 0.5) is 10.5 Å². The number of nitrogens with zero attached hydrogens (tertiary/aromatic N) is 2. The fourth-order valence-electron chi connectivity index (χ4n) is 2.13. The van der Waals surface area contributed by atoms with Gasteiger partial charge in [-0.05, 0) is 30.3 Å². The van der Waals surface area contributed by atoms with Crippen LogP contribution in [0.2, 0.25) is 0 Å². The molecule has 1 aromatic carbocycles. The van der Waals surface area contributed by atoms with Gasteiger partial charge in [-0.2, -0.15) is 5.10 Å². The Balaban J connectivity index is 1.62. The number of aromatic nitrogens is 2. The molecule has 0 fully saturated rings. The maximum absolute atomic E-state index is 12.0. The molecule has 23 heavy (non-hydrogen) atoms. The lowest BCUT2D eigenvalue weighted by atomic mass is 10.2. The van der Waals surface area contributed by atoms with Gasteiger partial charge in [0, 0.05) is 12.4 Å². The van der Waals surface area contributed by atoms with Gasteiger partial charge in [0.15, 0.2) is 0 Å². The summed E-state index contributed by atoms with van der Waals surface area (Å²) < 4.78 is 6.74. The van der Waals surface area contributed by atoms with Crippen LogP contribution < -0.4 is 10.6 Å². The first kappa shape index (κ1) is 14.9. The zero-order valence-corrected chi connectivity index (χ0v) is 12.2. The first-order chi connectivity index (χ1) is 11.2. The number of benzene rings is 1. The number of amides is 2. The van der Waals surface area contributed by atoms with Crippen molar-refractivity contribution in [1.82, 2.24) is 15.1 Å². The number of anilines is 1. The fraction of sp³-hybridized carbons (Fsp3) is 0.125. The second-order valence-corrected chi connectivity index (χ2v) is 4.83. The molecule has 0 aliphatic heterocycles. The van der Waals surface area contributed by atoms with Crippen LogP contribution in [0.15, 0.2) is 65.5 Å². The molecule has 1 atom stereocenters. The van der Waals surface area contributed by atoms with Crippen LogP contribution in [-0.4, -0.2) is 27.5 Å². The van der Waals surface area contributed by atoms with Crippen molar-refractivity contribution in [1.29, 1.82) is 0 Å². The Morgan fingerprint density at radius 2 is 2.13 bits per heavy atom. The number of aliphatic hydroxyl groups excluding tert-OH is 1. The molecule has 1 unspecified atom stereocenters. The number of hydrogen-bond acceptors (Lipinski definition) is 4. The van der Waals surface area contributed by atoms with Crippen LogP contribution in [0.25, 0.3) is 5.69 Å². The van der Waals surface area contributed by atoms with Crippen LogP contribution in [0, 0.1) is 0 Å². The van der Waals surface area contributed by atoms with Crippen LogP contribution in [0.1, 0.15) is 11.9 Å². The first-order valence-corrected chi connectivity index (χ1v) is 7.09. The lowest BCUT2D eigenvalue weighted by molar-refractivity contribution is 0.149. The zero-order valence-electron chi connectivity index (χ0n) is 12.2. The largest absolute Gasteiger partial charge is 0.467 e. The van der Waals surface area contributed by atoms with Gasteiger partial charge in [-0.3, -0.25) is 0 Å². The Bertz CT molecular complexity index is 754. The van der Waals surface area contributed by atoms with Gasteiger partial charge in [0.05, 0.1) is 24.2 Å². The molecular weight excluding hydrogens is 296 g/mol. The summed E-state index contributed by atoms with van der Waals surface area (Å²) in [7, 11) is 0. The molecule has 0 saturated heterocycles. The second-order valence-electron chi connectivity index (χ2n) is 4.83. The van der Waals surface area contributed by atoms with Gasteiger partial charge in [-0.15, -0.1) is 0 Å². The van der Waals surface area contributed by atoms with E-state index in [4.69, 9.17) is 4.42 Å². The average molecular weight is 312 g/mol. The van der Waals surface area contributed by atoms with Crippen molar-refractivity contribution in [3.63, 3.8) is 0 Å². The third-order valence-electron chi connectivity index (χ3n) is 3.23. The SMILES string of the molecule is O=C(NCC(O)c1ccco1)Nc1ccccc1-n1cccn1. The summed E-state index contributed by atoms with van der Waals surface area (Å²) in [4.78, 5) is 12.0. The number of carbonyl (C=O) groups excluding carboxylic acids is 1. The van der Waals surface area contributed by atoms with Crippen LogP contribution in [0.5, 0.6) is 0 Å². The zero-order chi connectivity index (χ0) is 16.1. The third-order valence-corrected chi connectivity index (χ3v) is 3.23. The first-order valence-electron chi connectivity index (χ1n) is 7.09. The molecule has 0 spiro atoms. The highest BCUT2D eigenvalue weighted by molar-refractivity contribution is 5.91.